The summed E-state index contributed by atoms with van der Waals surface area (Å²) in [6.45, 7) is 0.276. The van der Waals surface area contributed by atoms with E-state index in [1.54, 1.807) is 7.11 Å². The molecule has 1 aromatic rings. The van der Waals surface area contributed by atoms with Crippen molar-refractivity contribution in [2.24, 2.45) is 5.73 Å². The summed E-state index contributed by atoms with van der Waals surface area (Å²) in [5, 5.41) is 0. The zero-order valence-electron chi connectivity index (χ0n) is 10.2. The van der Waals surface area contributed by atoms with Gasteiger partial charge in [0.05, 0.1) is 12.6 Å². The van der Waals surface area contributed by atoms with E-state index in [0.717, 1.165) is 11.1 Å². The van der Waals surface area contributed by atoms with Gasteiger partial charge in [-0.1, -0.05) is 30.7 Å². The summed E-state index contributed by atoms with van der Waals surface area (Å²) in [4.78, 5) is 12.2. The third-order valence-corrected chi connectivity index (χ3v) is 3.45. The molecule has 1 saturated carbocycles. The van der Waals surface area contributed by atoms with Gasteiger partial charge in [-0.2, -0.15) is 0 Å². The third-order valence-electron chi connectivity index (χ3n) is 3.45. The Morgan fingerprint density at radius 1 is 1.47 bits per heavy atom. The number of Topliss-reactive ketones (excluding diaryl/α,β-unsaturated/α-hetero) is 1. The average Bonchev–Trinajstić information content (AvgIpc) is 2.27. The first-order valence-electron chi connectivity index (χ1n) is 6.11. The Labute approximate surface area is 102 Å². The van der Waals surface area contributed by atoms with E-state index in [1.165, 1.54) is 19.3 Å². The number of ether oxygens (including phenoxy) is 1. The summed E-state index contributed by atoms with van der Waals surface area (Å²) < 4.78 is 4.94. The van der Waals surface area contributed by atoms with E-state index in [-0.39, 0.29) is 12.4 Å². The lowest BCUT2D eigenvalue weighted by molar-refractivity contribution is 0.0890. The zero-order chi connectivity index (χ0) is 12.3. The Hall–Kier alpha value is -1.19. The van der Waals surface area contributed by atoms with E-state index >= 15 is 0 Å². The molecule has 1 aliphatic rings. The largest absolute Gasteiger partial charge is 0.383 e. The van der Waals surface area contributed by atoms with Crippen LogP contribution in [0.2, 0.25) is 0 Å². The van der Waals surface area contributed by atoms with E-state index in [9.17, 15) is 4.79 Å². The number of methoxy groups -OCH3 is 1. The summed E-state index contributed by atoms with van der Waals surface area (Å²) in [5.74, 6) is 0.541. The van der Waals surface area contributed by atoms with Crippen LogP contribution in [0.15, 0.2) is 24.3 Å². The molecule has 0 heterocycles. The maximum Gasteiger partial charge on any atom is 0.182 e. The smallest absolute Gasteiger partial charge is 0.182 e. The summed E-state index contributed by atoms with van der Waals surface area (Å²) in [6.07, 6.45) is 3.63. The molecule has 2 rings (SSSR count). The zero-order valence-corrected chi connectivity index (χ0v) is 10.2. The molecular weight excluding hydrogens is 214 g/mol. The molecule has 2 N–H and O–H groups in total. The first kappa shape index (κ1) is 12.3. The third kappa shape index (κ3) is 2.56. The van der Waals surface area contributed by atoms with Crippen molar-refractivity contribution in [3.05, 3.63) is 35.4 Å². The van der Waals surface area contributed by atoms with Gasteiger partial charge in [-0.05, 0) is 24.3 Å². The molecule has 92 valence electrons. The number of hydrogen-bond donors (Lipinski definition) is 1. The quantitative estimate of drug-likeness (QED) is 0.792. The fourth-order valence-electron chi connectivity index (χ4n) is 2.25. The lowest BCUT2D eigenvalue weighted by Crippen LogP contribution is -2.35. The second-order valence-corrected chi connectivity index (χ2v) is 4.64. The Morgan fingerprint density at radius 2 is 2.18 bits per heavy atom. The Morgan fingerprint density at radius 3 is 2.76 bits per heavy atom. The maximum absolute atomic E-state index is 12.2. The summed E-state index contributed by atoms with van der Waals surface area (Å²) in [5.41, 5.74) is 7.76. The Kier molecular flexibility index (Phi) is 3.92. The van der Waals surface area contributed by atoms with Crippen LogP contribution in [0.3, 0.4) is 0 Å². The van der Waals surface area contributed by atoms with Crippen LogP contribution < -0.4 is 5.73 Å². The summed E-state index contributed by atoms with van der Waals surface area (Å²) in [6, 6.07) is 7.27. The first-order chi connectivity index (χ1) is 8.24. The number of rotatable bonds is 5. The molecule has 1 atom stereocenters. The van der Waals surface area contributed by atoms with Crippen molar-refractivity contribution >= 4 is 5.78 Å². The molecule has 0 bridgehead atoms. The molecule has 0 amide bonds. The van der Waals surface area contributed by atoms with Gasteiger partial charge >= 0.3 is 0 Å². The van der Waals surface area contributed by atoms with Gasteiger partial charge in [0.25, 0.3) is 0 Å². The lowest BCUT2D eigenvalue weighted by Gasteiger charge is -2.28. The number of ketones is 1. The van der Waals surface area contributed by atoms with Crippen molar-refractivity contribution in [3.63, 3.8) is 0 Å². The van der Waals surface area contributed by atoms with Crippen molar-refractivity contribution in [1.29, 1.82) is 0 Å². The standard InChI is InChI=1S/C14H19NO2/c1-17-9-13(15)14(16)12-8-3-2-7-11(12)10-5-4-6-10/h2-3,7-8,10,13H,4-6,9,15H2,1H3. The molecule has 0 aliphatic heterocycles. The van der Waals surface area contributed by atoms with Gasteiger partial charge in [0.1, 0.15) is 0 Å². The van der Waals surface area contributed by atoms with E-state index in [0.29, 0.717) is 5.92 Å². The van der Waals surface area contributed by atoms with Crippen LogP contribution in [-0.2, 0) is 4.74 Å². The van der Waals surface area contributed by atoms with Gasteiger partial charge in [0, 0.05) is 12.7 Å². The van der Waals surface area contributed by atoms with Gasteiger partial charge in [0.2, 0.25) is 0 Å². The van der Waals surface area contributed by atoms with Gasteiger partial charge in [-0.15, -0.1) is 0 Å². The SMILES string of the molecule is COCC(N)C(=O)c1ccccc1C1CCC1. The molecule has 17 heavy (non-hydrogen) atoms. The molecule has 1 unspecified atom stereocenters. The second-order valence-electron chi connectivity index (χ2n) is 4.64. The van der Waals surface area contributed by atoms with Gasteiger partial charge in [-0.25, -0.2) is 0 Å². The van der Waals surface area contributed by atoms with Crippen LogP contribution in [-0.4, -0.2) is 25.5 Å². The summed E-state index contributed by atoms with van der Waals surface area (Å²) in [7, 11) is 1.56. The van der Waals surface area contributed by atoms with Crippen LogP contribution in [0.5, 0.6) is 0 Å². The number of nitrogens with two attached hydrogens (primary N) is 1. The molecule has 0 saturated heterocycles. The van der Waals surface area contributed by atoms with E-state index in [2.05, 4.69) is 6.07 Å². The minimum Gasteiger partial charge on any atom is -0.383 e. The molecule has 1 fully saturated rings. The van der Waals surface area contributed by atoms with Crippen LogP contribution >= 0.6 is 0 Å². The molecule has 3 heteroatoms. The van der Waals surface area contributed by atoms with Gasteiger partial charge in [-0.3, -0.25) is 4.79 Å². The molecular formula is C14H19NO2. The number of benzene rings is 1. The fourth-order valence-corrected chi connectivity index (χ4v) is 2.25. The maximum atomic E-state index is 12.2. The highest BCUT2D eigenvalue weighted by Gasteiger charge is 2.26. The van der Waals surface area contributed by atoms with Crippen molar-refractivity contribution in [1.82, 2.24) is 0 Å². The molecule has 3 nitrogen and oxygen atoms in total. The minimum absolute atomic E-state index is 0.00523. The van der Waals surface area contributed by atoms with Gasteiger partial charge < -0.3 is 10.5 Å². The predicted octanol–water partition coefficient (Wildman–Crippen LogP) is 2.11. The topological polar surface area (TPSA) is 52.3 Å². The van der Waals surface area contributed by atoms with Crippen molar-refractivity contribution in [3.8, 4) is 0 Å². The Bertz CT molecular complexity index is 399. The predicted molar refractivity (Wildman–Crippen MR) is 67.2 cm³/mol. The molecule has 0 aromatic heterocycles. The first-order valence-corrected chi connectivity index (χ1v) is 6.11. The summed E-state index contributed by atoms with van der Waals surface area (Å²) >= 11 is 0. The number of hydrogen-bond acceptors (Lipinski definition) is 3. The number of carbonyl (C=O) groups is 1. The molecule has 0 radical (unpaired) electrons. The fraction of sp³-hybridized carbons (Fsp3) is 0.500. The highest BCUT2D eigenvalue weighted by atomic mass is 16.5. The van der Waals surface area contributed by atoms with Crippen molar-refractivity contribution < 1.29 is 9.53 Å². The second kappa shape index (κ2) is 5.43. The molecule has 1 aliphatic carbocycles. The van der Waals surface area contributed by atoms with E-state index < -0.39 is 6.04 Å². The minimum atomic E-state index is -0.554. The molecule has 0 spiro atoms. The highest BCUT2D eigenvalue weighted by Crippen LogP contribution is 2.38. The lowest BCUT2D eigenvalue weighted by atomic mass is 9.77. The molecule has 1 aromatic carbocycles. The van der Waals surface area contributed by atoms with Crippen LogP contribution in [0.4, 0.5) is 0 Å². The van der Waals surface area contributed by atoms with Gasteiger partial charge in [0.15, 0.2) is 5.78 Å². The van der Waals surface area contributed by atoms with Crippen LogP contribution in [0, 0.1) is 0 Å². The van der Waals surface area contributed by atoms with Crippen LogP contribution in [0.1, 0.15) is 41.1 Å². The number of carbonyl (C=O) groups excluding carboxylic acids is 1. The monoisotopic (exact) mass is 233 g/mol. The Balaban J connectivity index is 2.21. The van der Waals surface area contributed by atoms with Crippen molar-refractivity contribution in [2.75, 3.05) is 13.7 Å². The van der Waals surface area contributed by atoms with E-state index in [4.69, 9.17) is 10.5 Å². The van der Waals surface area contributed by atoms with E-state index in [1.807, 2.05) is 18.2 Å². The average molecular weight is 233 g/mol. The van der Waals surface area contributed by atoms with Crippen molar-refractivity contribution in [2.45, 2.75) is 31.2 Å². The van der Waals surface area contributed by atoms with Crippen LogP contribution in [0.25, 0.3) is 0 Å². The highest BCUT2D eigenvalue weighted by molar-refractivity contribution is 6.01. The normalized spacial score (nSPS) is 17.5.